The Bertz CT molecular complexity index is 642. The first-order valence-electron chi connectivity index (χ1n) is 5.50. The molecule has 0 atom stereocenters. The van der Waals surface area contributed by atoms with Gasteiger partial charge >= 0.3 is 17.1 Å². The molecule has 0 saturated heterocycles. The van der Waals surface area contributed by atoms with Crippen LogP contribution in [0.5, 0.6) is 0 Å². The van der Waals surface area contributed by atoms with Crippen LogP contribution in [0.4, 0.5) is 0 Å². The molecular weight excluding hydrogens is 357 g/mol. The summed E-state index contributed by atoms with van der Waals surface area (Å²) in [6, 6.07) is 3.19. The van der Waals surface area contributed by atoms with Crippen LogP contribution in [0, 0.1) is 0 Å². The molecule has 0 unspecified atom stereocenters. The molecule has 0 aromatic carbocycles. The van der Waals surface area contributed by atoms with E-state index in [0.717, 1.165) is 0 Å². The van der Waals surface area contributed by atoms with Crippen LogP contribution < -0.4 is 5.43 Å². The molecule has 2 rings (SSSR count). The van der Waals surface area contributed by atoms with Crippen molar-refractivity contribution in [1.29, 1.82) is 0 Å². The Labute approximate surface area is 141 Å². The first-order valence-corrected chi connectivity index (χ1v) is 6.25. The largest absolute Gasteiger partial charge is 2.00 e. The van der Waals surface area contributed by atoms with Gasteiger partial charge in [-0.05, 0) is 30.5 Å². The van der Waals surface area contributed by atoms with Crippen LogP contribution in [-0.4, -0.2) is 21.5 Å². The number of hydrogen-bond donors (Lipinski definition) is 1. The van der Waals surface area contributed by atoms with E-state index in [1.807, 2.05) is 0 Å². The molecule has 1 amide bonds. The van der Waals surface area contributed by atoms with Gasteiger partial charge in [-0.25, -0.2) is 0 Å². The molecule has 0 aliphatic heterocycles. The first-order chi connectivity index (χ1) is 9.58. The van der Waals surface area contributed by atoms with E-state index in [1.165, 1.54) is 30.7 Å². The van der Waals surface area contributed by atoms with E-state index in [4.69, 9.17) is 23.2 Å². The molecule has 1 aliphatic rings. The zero-order chi connectivity index (χ0) is 14.5. The number of halogens is 2. The van der Waals surface area contributed by atoms with E-state index in [2.05, 4.69) is 15.8 Å². The maximum Gasteiger partial charge on any atom is 2.00 e. The molecule has 1 heterocycles. The number of Topliss-reactive ketones (excluding diaryl/α,β-unsaturated/α-hetero) is 1. The van der Waals surface area contributed by atoms with Crippen LogP contribution in [0.25, 0.3) is 5.43 Å². The summed E-state index contributed by atoms with van der Waals surface area (Å²) in [6.07, 6.45) is 7.16. The Balaban J connectivity index is 0.00000220. The monoisotopic (exact) mass is 365 g/mol. The summed E-state index contributed by atoms with van der Waals surface area (Å²) in [6.45, 7) is 0. The van der Waals surface area contributed by atoms with E-state index in [0.29, 0.717) is 10.6 Å². The maximum atomic E-state index is 11.7. The van der Waals surface area contributed by atoms with Gasteiger partial charge in [-0.3, -0.25) is 14.6 Å². The molecule has 8 heteroatoms. The van der Waals surface area contributed by atoms with Crippen molar-refractivity contribution in [2.75, 3.05) is 0 Å². The predicted octanol–water partition coefficient (Wildman–Crippen LogP) is 2.52. The quantitative estimate of drug-likeness (QED) is 0.387. The standard InChI is InChI=1S/C13H9Cl2N3O2.Fe/c14-10-5-9(12(19)11(15)6-10)7-17-18-13(20)8-1-3-16-4-2-8;/h1-7H,(H2,16,17,18,19,20);/q;+2. The number of nitrogens with zero attached hydrogens (tertiary/aromatic N) is 2. The molecule has 1 aromatic rings. The third-order valence-electron chi connectivity index (χ3n) is 2.37. The van der Waals surface area contributed by atoms with E-state index in [-0.39, 0.29) is 39.4 Å². The number of aromatic nitrogens is 1. The SMILES string of the molecule is O=C1C(Cl)=CC(Cl)=CC1=CN[N-]C(=[OH+])c1ccncc1.[Fe+2]. The molecule has 0 fully saturated rings. The summed E-state index contributed by atoms with van der Waals surface area (Å²) >= 11 is 11.5. The molecular formula is C13H9Cl2FeN3O2+2. The van der Waals surface area contributed by atoms with Crippen molar-refractivity contribution in [2.45, 2.75) is 0 Å². The van der Waals surface area contributed by atoms with Gasteiger partial charge < -0.3 is 10.9 Å². The fourth-order valence-electron chi connectivity index (χ4n) is 1.42. The fourth-order valence-corrected chi connectivity index (χ4v) is 1.93. The van der Waals surface area contributed by atoms with Crippen molar-refractivity contribution in [2.24, 2.45) is 0 Å². The number of carbonyl (C=O) groups is 1. The number of pyridine rings is 1. The van der Waals surface area contributed by atoms with Gasteiger partial charge in [-0.1, -0.05) is 23.2 Å². The van der Waals surface area contributed by atoms with Gasteiger partial charge in [-0.2, -0.15) is 0 Å². The van der Waals surface area contributed by atoms with Gasteiger partial charge in [0.2, 0.25) is 5.78 Å². The van der Waals surface area contributed by atoms with Crippen LogP contribution in [0.15, 0.2) is 58.5 Å². The molecule has 1 aliphatic carbocycles. The Kier molecular flexibility index (Phi) is 6.65. The van der Waals surface area contributed by atoms with Crippen molar-refractivity contribution in [1.82, 2.24) is 10.4 Å². The second-order valence-corrected chi connectivity index (χ2v) is 4.59. The second kappa shape index (κ2) is 8.00. The Morgan fingerprint density at radius 2 is 1.95 bits per heavy atom. The van der Waals surface area contributed by atoms with Crippen LogP contribution >= 0.6 is 23.2 Å². The summed E-state index contributed by atoms with van der Waals surface area (Å²) in [5, 5.41) is 0.359. The van der Waals surface area contributed by atoms with Gasteiger partial charge in [-0.15, -0.1) is 0 Å². The molecule has 0 radical (unpaired) electrons. The topological polar surface area (TPSA) is 77.5 Å². The Morgan fingerprint density at radius 3 is 2.62 bits per heavy atom. The van der Waals surface area contributed by atoms with Gasteiger partial charge in [0, 0.05) is 23.0 Å². The molecule has 0 spiro atoms. The molecule has 0 bridgehead atoms. The minimum Gasteiger partial charge on any atom is -0.513 e. The van der Waals surface area contributed by atoms with E-state index in [1.54, 1.807) is 12.1 Å². The van der Waals surface area contributed by atoms with Crippen molar-refractivity contribution in [3.63, 3.8) is 0 Å². The van der Waals surface area contributed by atoms with Crippen LogP contribution in [0.2, 0.25) is 0 Å². The third-order valence-corrected chi connectivity index (χ3v) is 2.87. The van der Waals surface area contributed by atoms with Crippen LogP contribution in [0.3, 0.4) is 0 Å². The first kappa shape index (κ1) is 17.5. The number of hydrogen-bond acceptors (Lipinski definition) is 3. The summed E-state index contributed by atoms with van der Waals surface area (Å²) in [4.78, 5) is 25.2. The van der Waals surface area contributed by atoms with E-state index in [9.17, 15) is 9.59 Å². The second-order valence-electron chi connectivity index (χ2n) is 3.75. The predicted molar refractivity (Wildman–Crippen MR) is 77.7 cm³/mol. The average molecular weight is 366 g/mol. The van der Waals surface area contributed by atoms with Gasteiger partial charge in [0.1, 0.15) is 0 Å². The number of nitrogens with one attached hydrogen (secondary N) is 1. The smallest absolute Gasteiger partial charge is 0.513 e. The molecule has 21 heavy (non-hydrogen) atoms. The minimum absolute atomic E-state index is 0. The Morgan fingerprint density at radius 1 is 1.29 bits per heavy atom. The molecule has 2 N–H and O–H groups in total. The van der Waals surface area contributed by atoms with E-state index < -0.39 is 0 Å². The average Bonchev–Trinajstić information content (AvgIpc) is 2.44. The summed E-state index contributed by atoms with van der Waals surface area (Å²) < 4.78 is 0. The van der Waals surface area contributed by atoms with Crippen LogP contribution in [-0.2, 0) is 21.9 Å². The maximum absolute atomic E-state index is 11.7. The van der Waals surface area contributed by atoms with Crippen LogP contribution in [0.1, 0.15) is 5.56 Å². The normalized spacial score (nSPS) is 15.7. The fraction of sp³-hybridized carbons (Fsp3) is 0. The zero-order valence-electron chi connectivity index (χ0n) is 10.4. The number of allylic oxidation sites excluding steroid dienone is 5. The zero-order valence-corrected chi connectivity index (χ0v) is 13.0. The van der Waals surface area contributed by atoms with Crippen molar-refractivity contribution >= 4 is 34.9 Å². The summed E-state index contributed by atoms with van der Waals surface area (Å²) in [7, 11) is 0. The molecule has 108 valence electrons. The van der Waals surface area contributed by atoms with Crippen molar-refractivity contribution in [3.05, 3.63) is 69.5 Å². The number of carbonyl (C=O) groups excluding carboxylic acids is 2. The molecule has 0 saturated carbocycles. The third kappa shape index (κ3) is 4.72. The van der Waals surface area contributed by atoms with Gasteiger partial charge in [0.05, 0.1) is 10.6 Å². The molecule has 1 aromatic heterocycles. The summed E-state index contributed by atoms with van der Waals surface area (Å²) in [5.41, 5.74) is 6.91. The van der Waals surface area contributed by atoms with Gasteiger partial charge in [0.25, 0.3) is 5.91 Å². The number of ketones is 1. The van der Waals surface area contributed by atoms with Gasteiger partial charge in [0.15, 0.2) is 0 Å². The molecule has 5 nitrogen and oxygen atoms in total. The van der Waals surface area contributed by atoms with Crippen molar-refractivity contribution in [3.8, 4) is 0 Å². The van der Waals surface area contributed by atoms with Crippen molar-refractivity contribution < 1.29 is 26.7 Å². The number of rotatable bonds is 3. The summed E-state index contributed by atoms with van der Waals surface area (Å²) in [5.74, 6) is -0.605. The minimum atomic E-state index is -0.373. The van der Waals surface area contributed by atoms with E-state index >= 15 is 0 Å². The Hall–Kier alpha value is -1.59. The number of amides is 1.